The van der Waals surface area contributed by atoms with Crippen molar-refractivity contribution in [1.82, 2.24) is 20.1 Å². The van der Waals surface area contributed by atoms with Crippen molar-refractivity contribution in [1.29, 1.82) is 0 Å². The predicted octanol–water partition coefficient (Wildman–Crippen LogP) is 4.45. The number of hydrogen-bond acceptors (Lipinski definition) is 7. The van der Waals surface area contributed by atoms with Crippen LogP contribution in [-0.4, -0.2) is 45.6 Å². The van der Waals surface area contributed by atoms with Crippen LogP contribution < -0.4 is 20.1 Å². The SMILES string of the molecule is O=C(Cn1cncn1)NC(COCc1ccccc1OC(F)(F)F)C(=O)Nc1ccc(Oc2ccc(F)cc2)cc1. The van der Waals surface area contributed by atoms with Gasteiger partial charge in [-0.25, -0.2) is 14.1 Å². The molecule has 14 heteroatoms. The molecule has 10 nitrogen and oxygen atoms in total. The molecule has 4 rings (SSSR count). The summed E-state index contributed by atoms with van der Waals surface area (Å²) < 4.78 is 67.7. The molecule has 2 N–H and O–H groups in total. The van der Waals surface area contributed by atoms with E-state index in [4.69, 9.17) is 9.47 Å². The zero-order valence-corrected chi connectivity index (χ0v) is 21.2. The molecule has 41 heavy (non-hydrogen) atoms. The summed E-state index contributed by atoms with van der Waals surface area (Å²) in [5.41, 5.74) is 0.454. The summed E-state index contributed by atoms with van der Waals surface area (Å²) >= 11 is 0. The molecule has 0 aliphatic carbocycles. The van der Waals surface area contributed by atoms with Crippen LogP contribution >= 0.6 is 0 Å². The highest BCUT2D eigenvalue weighted by Gasteiger charge is 2.32. The van der Waals surface area contributed by atoms with Crippen molar-refractivity contribution in [3.8, 4) is 17.2 Å². The van der Waals surface area contributed by atoms with E-state index in [1.165, 1.54) is 59.8 Å². The van der Waals surface area contributed by atoms with Gasteiger partial charge in [-0.05, 0) is 54.6 Å². The van der Waals surface area contributed by atoms with Gasteiger partial charge in [-0.3, -0.25) is 9.59 Å². The maximum absolute atomic E-state index is 13.1. The summed E-state index contributed by atoms with van der Waals surface area (Å²) in [4.78, 5) is 29.4. The lowest BCUT2D eigenvalue weighted by atomic mass is 10.2. The van der Waals surface area contributed by atoms with Gasteiger partial charge >= 0.3 is 6.36 Å². The van der Waals surface area contributed by atoms with Crippen LogP contribution in [0.3, 0.4) is 0 Å². The normalized spacial score (nSPS) is 11.9. The van der Waals surface area contributed by atoms with Crippen LogP contribution in [0.25, 0.3) is 0 Å². The Balaban J connectivity index is 1.40. The van der Waals surface area contributed by atoms with Crippen LogP contribution in [0.5, 0.6) is 17.2 Å². The Morgan fingerprint density at radius 2 is 1.63 bits per heavy atom. The second-order valence-corrected chi connectivity index (χ2v) is 8.45. The van der Waals surface area contributed by atoms with Gasteiger partial charge in [-0.15, -0.1) is 13.2 Å². The van der Waals surface area contributed by atoms with Gasteiger partial charge in [0.15, 0.2) is 0 Å². The number of benzene rings is 3. The molecule has 2 amide bonds. The first-order chi connectivity index (χ1) is 19.6. The number of hydrogen-bond donors (Lipinski definition) is 2. The van der Waals surface area contributed by atoms with Crippen molar-refractivity contribution in [2.24, 2.45) is 0 Å². The minimum Gasteiger partial charge on any atom is -0.457 e. The number of nitrogens with one attached hydrogen (secondary N) is 2. The monoisotopic (exact) mass is 573 g/mol. The van der Waals surface area contributed by atoms with Gasteiger partial charge in [0.1, 0.15) is 48.3 Å². The maximum atomic E-state index is 13.1. The number of alkyl halides is 3. The molecule has 0 saturated carbocycles. The summed E-state index contributed by atoms with van der Waals surface area (Å²) in [5, 5.41) is 9.02. The number of anilines is 1. The van der Waals surface area contributed by atoms with Crippen molar-refractivity contribution < 1.29 is 41.4 Å². The third-order valence-corrected chi connectivity index (χ3v) is 5.34. The number of carbonyl (C=O) groups excluding carboxylic acids is 2. The van der Waals surface area contributed by atoms with E-state index in [1.807, 2.05) is 0 Å². The van der Waals surface area contributed by atoms with E-state index < -0.39 is 35.8 Å². The molecule has 3 aromatic carbocycles. The smallest absolute Gasteiger partial charge is 0.457 e. The maximum Gasteiger partial charge on any atom is 0.573 e. The second kappa shape index (κ2) is 13.4. The average molecular weight is 574 g/mol. The molecule has 0 fully saturated rings. The fraction of sp³-hybridized carbons (Fsp3) is 0.185. The predicted molar refractivity (Wildman–Crippen MR) is 136 cm³/mol. The Morgan fingerprint density at radius 3 is 2.29 bits per heavy atom. The summed E-state index contributed by atoms with van der Waals surface area (Å²) in [5.74, 6) is -1.24. The molecule has 0 bridgehead atoms. The lowest BCUT2D eigenvalue weighted by molar-refractivity contribution is -0.275. The van der Waals surface area contributed by atoms with E-state index in [0.29, 0.717) is 17.2 Å². The second-order valence-electron chi connectivity index (χ2n) is 8.45. The van der Waals surface area contributed by atoms with E-state index in [0.717, 1.165) is 6.07 Å². The Labute approximate surface area is 230 Å². The molecule has 0 aliphatic heterocycles. The minimum atomic E-state index is -4.90. The van der Waals surface area contributed by atoms with Crippen molar-refractivity contribution in [3.05, 3.63) is 96.8 Å². The van der Waals surface area contributed by atoms with Crippen LogP contribution in [-0.2, 0) is 27.5 Å². The summed E-state index contributed by atoms with van der Waals surface area (Å²) in [6, 6.07) is 15.9. The molecule has 0 spiro atoms. The quantitative estimate of drug-likeness (QED) is 0.241. The first kappa shape index (κ1) is 29.0. The number of halogens is 4. The van der Waals surface area contributed by atoms with Crippen molar-refractivity contribution in [3.63, 3.8) is 0 Å². The molecule has 214 valence electrons. The molecule has 0 radical (unpaired) electrons. The van der Waals surface area contributed by atoms with Crippen LogP contribution in [0.15, 0.2) is 85.5 Å². The molecular weight excluding hydrogens is 550 g/mol. The Bertz CT molecular complexity index is 1430. The number of carbonyl (C=O) groups is 2. The molecular formula is C27H23F4N5O5. The van der Waals surface area contributed by atoms with Crippen LogP contribution in [0.2, 0.25) is 0 Å². The largest absolute Gasteiger partial charge is 0.573 e. The van der Waals surface area contributed by atoms with Gasteiger partial charge in [0, 0.05) is 11.3 Å². The zero-order chi connectivity index (χ0) is 29.2. The topological polar surface area (TPSA) is 117 Å². The van der Waals surface area contributed by atoms with Crippen molar-refractivity contribution in [2.45, 2.75) is 25.6 Å². The Kier molecular flexibility index (Phi) is 9.47. The molecule has 4 aromatic rings. The lowest BCUT2D eigenvalue weighted by Gasteiger charge is -2.19. The molecule has 1 unspecified atom stereocenters. The first-order valence-electron chi connectivity index (χ1n) is 12.0. The van der Waals surface area contributed by atoms with Gasteiger partial charge in [0.05, 0.1) is 13.2 Å². The number of amides is 2. The third-order valence-electron chi connectivity index (χ3n) is 5.34. The number of rotatable bonds is 12. The van der Waals surface area contributed by atoms with Crippen molar-refractivity contribution >= 4 is 17.5 Å². The lowest BCUT2D eigenvalue weighted by Crippen LogP contribution is -2.47. The molecule has 1 aromatic heterocycles. The van der Waals surface area contributed by atoms with Crippen LogP contribution in [0, 0.1) is 5.82 Å². The summed E-state index contributed by atoms with van der Waals surface area (Å²) in [6.07, 6.45) is -2.34. The van der Waals surface area contributed by atoms with Gasteiger partial charge in [-0.2, -0.15) is 5.10 Å². The fourth-order valence-electron chi connectivity index (χ4n) is 3.49. The van der Waals surface area contributed by atoms with Crippen LogP contribution in [0.1, 0.15) is 5.56 Å². The summed E-state index contributed by atoms with van der Waals surface area (Å²) in [6.45, 7) is -0.938. The van der Waals surface area contributed by atoms with E-state index in [9.17, 15) is 27.2 Å². The van der Waals surface area contributed by atoms with E-state index in [2.05, 4.69) is 25.5 Å². The Hall–Kier alpha value is -4.98. The van der Waals surface area contributed by atoms with Crippen molar-refractivity contribution in [2.75, 3.05) is 11.9 Å². The molecule has 0 aliphatic rings. The van der Waals surface area contributed by atoms with Gasteiger partial charge in [-0.1, -0.05) is 18.2 Å². The fourth-order valence-corrected chi connectivity index (χ4v) is 3.49. The molecule has 1 atom stereocenters. The van der Waals surface area contributed by atoms with E-state index in [-0.39, 0.29) is 25.3 Å². The third kappa shape index (κ3) is 9.32. The molecule has 0 saturated heterocycles. The number of ether oxygens (including phenoxy) is 3. The minimum absolute atomic E-state index is 0.0923. The Morgan fingerprint density at radius 1 is 0.951 bits per heavy atom. The van der Waals surface area contributed by atoms with Gasteiger partial charge < -0.3 is 24.8 Å². The summed E-state index contributed by atoms with van der Waals surface area (Å²) in [7, 11) is 0. The first-order valence-corrected chi connectivity index (χ1v) is 12.0. The average Bonchev–Trinajstić information content (AvgIpc) is 3.43. The van der Waals surface area contributed by atoms with Gasteiger partial charge in [0.25, 0.3) is 0 Å². The number of nitrogens with zero attached hydrogens (tertiary/aromatic N) is 3. The van der Waals surface area contributed by atoms with E-state index >= 15 is 0 Å². The molecule has 1 heterocycles. The highest BCUT2D eigenvalue weighted by atomic mass is 19.4. The standard InChI is InChI=1S/C27H23F4N5O5/c28-19-5-9-21(10-6-19)40-22-11-7-20(8-12-22)34-26(38)23(35-25(37)13-36-17-32-16-33-36)15-39-14-18-3-1-2-4-24(18)41-27(29,30)31/h1-12,16-17,23H,13-15H2,(H,34,38)(H,35,37). The highest BCUT2D eigenvalue weighted by Crippen LogP contribution is 2.27. The zero-order valence-electron chi connectivity index (χ0n) is 21.2. The van der Waals surface area contributed by atoms with E-state index in [1.54, 1.807) is 24.3 Å². The number of para-hydroxylation sites is 1. The number of aromatic nitrogens is 3. The highest BCUT2D eigenvalue weighted by molar-refractivity contribution is 5.97. The van der Waals surface area contributed by atoms with Gasteiger partial charge in [0.2, 0.25) is 11.8 Å². The van der Waals surface area contributed by atoms with Crippen LogP contribution in [0.4, 0.5) is 23.2 Å².